The zero-order valence-corrected chi connectivity index (χ0v) is 5.26. The van der Waals surface area contributed by atoms with Gasteiger partial charge >= 0.3 is 5.97 Å². The number of carbonyl (C=O) groups is 1. The summed E-state index contributed by atoms with van der Waals surface area (Å²) in [6.45, 7) is 0. The van der Waals surface area contributed by atoms with E-state index in [-0.39, 0.29) is 5.41 Å². The molecule has 0 radical (unpaired) electrons. The van der Waals surface area contributed by atoms with Crippen molar-refractivity contribution >= 4 is 5.97 Å². The first-order chi connectivity index (χ1) is 4.26. The van der Waals surface area contributed by atoms with E-state index in [0.29, 0.717) is 5.92 Å². The highest BCUT2D eigenvalue weighted by Gasteiger charge is 2.59. The molecule has 0 unspecified atom stereocenters. The molecule has 0 aromatic carbocycles. The van der Waals surface area contributed by atoms with E-state index in [1.54, 1.807) is 0 Å². The number of hydrogen-bond donors (Lipinski definition) is 1. The SMILES string of the molecule is O=C(O)C1(C2CC2)CC1. The van der Waals surface area contributed by atoms with E-state index in [1.807, 2.05) is 0 Å². The molecule has 2 heteroatoms. The van der Waals surface area contributed by atoms with Gasteiger partial charge in [0.2, 0.25) is 0 Å². The maximum atomic E-state index is 10.6. The monoisotopic (exact) mass is 126 g/mol. The maximum Gasteiger partial charge on any atom is 0.309 e. The van der Waals surface area contributed by atoms with Crippen LogP contribution >= 0.6 is 0 Å². The van der Waals surface area contributed by atoms with Crippen LogP contribution in [-0.4, -0.2) is 11.1 Å². The van der Waals surface area contributed by atoms with Crippen molar-refractivity contribution in [3.63, 3.8) is 0 Å². The van der Waals surface area contributed by atoms with Crippen molar-refractivity contribution in [2.24, 2.45) is 11.3 Å². The molecule has 0 amide bonds. The zero-order valence-electron chi connectivity index (χ0n) is 5.26. The summed E-state index contributed by atoms with van der Waals surface area (Å²) in [6, 6.07) is 0. The van der Waals surface area contributed by atoms with Crippen LogP contribution < -0.4 is 0 Å². The molecule has 0 atom stereocenters. The maximum absolute atomic E-state index is 10.6. The molecule has 0 bridgehead atoms. The van der Waals surface area contributed by atoms with Crippen LogP contribution in [0.2, 0.25) is 0 Å². The Kier molecular flexibility index (Phi) is 0.765. The molecule has 0 heterocycles. The number of carboxylic acid groups (broad SMARTS) is 1. The van der Waals surface area contributed by atoms with E-state index in [4.69, 9.17) is 5.11 Å². The Morgan fingerprint density at radius 3 is 2.11 bits per heavy atom. The van der Waals surface area contributed by atoms with Gasteiger partial charge in [0.05, 0.1) is 5.41 Å². The van der Waals surface area contributed by atoms with Crippen LogP contribution in [0.3, 0.4) is 0 Å². The standard InChI is InChI=1S/C7H10O2/c8-6(9)7(3-4-7)5-1-2-5/h5H,1-4H2,(H,8,9). The van der Waals surface area contributed by atoms with E-state index >= 15 is 0 Å². The molecule has 0 aromatic heterocycles. The van der Waals surface area contributed by atoms with Crippen LogP contribution in [0.15, 0.2) is 0 Å². The van der Waals surface area contributed by atoms with Crippen LogP contribution in [0.5, 0.6) is 0 Å². The molecule has 0 aliphatic heterocycles. The number of rotatable bonds is 2. The summed E-state index contributed by atoms with van der Waals surface area (Å²) in [7, 11) is 0. The van der Waals surface area contributed by atoms with Crippen molar-refractivity contribution in [2.45, 2.75) is 25.7 Å². The highest BCUT2D eigenvalue weighted by molar-refractivity contribution is 5.78. The Bertz CT molecular complexity index is 154. The van der Waals surface area contributed by atoms with Gasteiger partial charge in [-0.3, -0.25) is 4.79 Å². The second kappa shape index (κ2) is 1.31. The highest BCUT2D eigenvalue weighted by atomic mass is 16.4. The average molecular weight is 126 g/mol. The van der Waals surface area contributed by atoms with Crippen molar-refractivity contribution in [1.82, 2.24) is 0 Å². The third-order valence-corrected chi connectivity index (χ3v) is 2.57. The third kappa shape index (κ3) is 0.590. The summed E-state index contributed by atoms with van der Waals surface area (Å²) in [6.07, 6.45) is 4.19. The summed E-state index contributed by atoms with van der Waals surface area (Å²) >= 11 is 0. The van der Waals surface area contributed by atoms with Gasteiger partial charge in [-0.2, -0.15) is 0 Å². The number of aliphatic carboxylic acids is 1. The van der Waals surface area contributed by atoms with Gasteiger partial charge in [0, 0.05) is 0 Å². The molecule has 2 aliphatic carbocycles. The molecule has 2 rings (SSSR count). The molecule has 2 fully saturated rings. The Morgan fingerprint density at radius 1 is 1.44 bits per heavy atom. The minimum atomic E-state index is -0.551. The fourth-order valence-electron chi connectivity index (χ4n) is 1.57. The second-order valence-electron chi connectivity index (χ2n) is 3.24. The number of carboxylic acids is 1. The molecule has 2 nitrogen and oxygen atoms in total. The molecule has 0 aromatic rings. The summed E-state index contributed by atoms with van der Waals surface area (Å²) < 4.78 is 0. The lowest BCUT2D eigenvalue weighted by atomic mass is 10.0. The Hall–Kier alpha value is -0.530. The van der Waals surface area contributed by atoms with E-state index in [9.17, 15) is 4.79 Å². The predicted molar refractivity (Wildman–Crippen MR) is 32.0 cm³/mol. The Balaban J connectivity index is 2.12. The highest BCUT2D eigenvalue weighted by Crippen LogP contribution is 2.61. The smallest absolute Gasteiger partial charge is 0.309 e. The van der Waals surface area contributed by atoms with E-state index in [2.05, 4.69) is 0 Å². The molecule has 1 N–H and O–H groups in total. The first-order valence-electron chi connectivity index (χ1n) is 3.49. The molecule has 2 saturated carbocycles. The summed E-state index contributed by atoms with van der Waals surface area (Å²) in [5, 5.41) is 8.71. The first kappa shape index (κ1) is 5.27. The summed E-state index contributed by atoms with van der Waals surface area (Å²) in [4.78, 5) is 10.6. The predicted octanol–water partition coefficient (Wildman–Crippen LogP) is 1.26. The fourth-order valence-corrected chi connectivity index (χ4v) is 1.57. The normalized spacial score (nSPS) is 29.8. The van der Waals surface area contributed by atoms with E-state index in [1.165, 1.54) is 0 Å². The van der Waals surface area contributed by atoms with Gasteiger partial charge in [-0.15, -0.1) is 0 Å². The molecule has 0 saturated heterocycles. The quantitative estimate of drug-likeness (QED) is 0.604. The van der Waals surface area contributed by atoms with Gasteiger partial charge in [-0.05, 0) is 31.6 Å². The van der Waals surface area contributed by atoms with Crippen LogP contribution in [0, 0.1) is 11.3 Å². The van der Waals surface area contributed by atoms with E-state index in [0.717, 1.165) is 25.7 Å². The lowest BCUT2D eigenvalue weighted by molar-refractivity contribution is -0.144. The minimum Gasteiger partial charge on any atom is -0.481 e. The van der Waals surface area contributed by atoms with Crippen LogP contribution in [0.25, 0.3) is 0 Å². The van der Waals surface area contributed by atoms with Crippen molar-refractivity contribution in [3.8, 4) is 0 Å². The van der Waals surface area contributed by atoms with E-state index < -0.39 is 5.97 Å². The lowest BCUT2D eigenvalue weighted by Crippen LogP contribution is -2.16. The first-order valence-corrected chi connectivity index (χ1v) is 3.49. The van der Waals surface area contributed by atoms with Gasteiger partial charge in [-0.25, -0.2) is 0 Å². The van der Waals surface area contributed by atoms with Gasteiger partial charge < -0.3 is 5.11 Å². The molecule has 9 heavy (non-hydrogen) atoms. The lowest BCUT2D eigenvalue weighted by Gasteiger charge is -2.04. The minimum absolute atomic E-state index is 0.222. The molecular formula is C7H10O2. The Morgan fingerprint density at radius 2 is 2.00 bits per heavy atom. The van der Waals surface area contributed by atoms with Crippen LogP contribution in [0.1, 0.15) is 25.7 Å². The zero-order chi connectivity index (χ0) is 6.48. The molecular weight excluding hydrogens is 116 g/mol. The fraction of sp³-hybridized carbons (Fsp3) is 0.857. The van der Waals surface area contributed by atoms with Crippen LogP contribution in [-0.2, 0) is 4.79 Å². The summed E-state index contributed by atoms with van der Waals surface area (Å²) in [5.41, 5.74) is -0.222. The van der Waals surface area contributed by atoms with Crippen molar-refractivity contribution in [3.05, 3.63) is 0 Å². The molecule has 0 spiro atoms. The van der Waals surface area contributed by atoms with Crippen molar-refractivity contribution in [1.29, 1.82) is 0 Å². The van der Waals surface area contributed by atoms with Gasteiger partial charge in [-0.1, -0.05) is 0 Å². The van der Waals surface area contributed by atoms with Crippen LogP contribution in [0.4, 0.5) is 0 Å². The average Bonchev–Trinajstić information content (AvgIpc) is 2.61. The summed E-state index contributed by atoms with van der Waals surface area (Å²) in [5.74, 6) is -0.000000000000000222. The van der Waals surface area contributed by atoms with Crippen molar-refractivity contribution in [2.75, 3.05) is 0 Å². The topological polar surface area (TPSA) is 37.3 Å². The van der Waals surface area contributed by atoms with Gasteiger partial charge in [0.25, 0.3) is 0 Å². The Labute approximate surface area is 53.9 Å². The third-order valence-electron chi connectivity index (χ3n) is 2.57. The van der Waals surface area contributed by atoms with Gasteiger partial charge in [0.1, 0.15) is 0 Å². The largest absolute Gasteiger partial charge is 0.481 e. The second-order valence-corrected chi connectivity index (χ2v) is 3.24. The van der Waals surface area contributed by atoms with Crippen molar-refractivity contribution < 1.29 is 9.90 Å². The number of hydrogen-bond acceptors (Lipinski definition) is 1. The molecule has 2 aliphatic rings. The van der Waals surface area contributed by atoms with Gasteiger partial charge in [0.15, 0.2) is 0 Å². The molecule has 50 valence electrons.